The van der Waals surface area contributed by atoms with Crippen molar-refractivity contribution in [2.24, 2.45) is 0 Å². The molecule has 6 heteroatoms. The maximum Gasteiger partial charge on any atom is 0.307 e. The number of H-pyrrole nitrogens is 1. The fourth-order valence-electron chi connectivity index (χ4n) is 2.57. The normalized spacial score (nSPS) is 15.3. The number of benzene rings is 1. The van der Waals surface area contributed by atoms with Crippen molar-refractivity contribution in [2.75, 3.05) is 26.3 Å². The highest BCUT2D eigenvalue weighted by Gasteiger charge is 2.21. The molecule has 1 aromatic heterocycles. The second-order valence-corrected chi connectivity index (χ2v) is 5.06. The average molecular weight is 288 g/mol. The number of nitrogens with one attached hydrogen (secondary N) is 1. The molecule has 0 atom stereocenters. The number of ether oxygens (including phenoxy) is 1. The van der Waals surface area contributed by atoms with Crippen LogP contribution in [0.5, 0.6) is 0 Å². The van der Waals surface area contributed by atoms with E-state index in [1.54, 1.807) is 23.2 Å². The molecule has 2 N–H and O–H groups in total. The number of carboxylic acid groups (broad SMARTS) is 1. The maximum atomic E-state index is 12.5. The van der Waals surface area contributed by atoms with Gasteiger partial charge in [0.2, 0.25) is 0 Å². The van der Waals surface area contributed by atoms with Crippen molar-refractivity contribution in [3.05, 3.63) is 35.5 Å². The first kappa shape index (κ1) is 13.6. The van der Waals surface area contributed by atoms with E-state index in [9.17, 15) is 9.59 Å². The Morgan fingerprint density at radius 3 is 2.76 bits per heavy atom. The van der Waals surface area contributed by atoms with E-state index in [1.807, 2.05) is 6.07 Å². The van der Waals surface area contributed by atoms with Crippen LogP contribution in [0.15, 0.2) is 24.4 Å². The van der Waals surface area contributed by atoms with Gasteiger partial charge < -0.3 is 19.7 Å². The van der Waals surface area contributed by atoms with Crippen LogP contribution in [0.1, 0.15) is 15.9 Å². The van der Waals surface area contributed by atoms with Crippen molar-refractivity contribution in [2.45, 2.75) is 6.42 Å². The highest BCUT2D eigenvalue weighted by molar-refractivity contribution is 6.07. The number of fused-ring (bicyclic) bond motifs is 1. The average Bonchev–Trinajstić information content (AvgIpc) is 2.90. The SMILES string of the molecule is O=C(O)Cc1ccc2[nH]cc(C(=O)N3CCOCC3)c2c1. The Morgan fingerprint density at radius 1 is 1.29 bits per heavy atom. The molecule has 3 rings (SSSR count). The summed E-state index contributed by atoms with van der Waals surface area (Å²) in [5.41, 5.74) is 2.10. The summed E-state index contributed by atoms with van der Waals surface area (Å²) in [6, 6.07) is 5.34. The van der Waals surface area contributed by atoms with Crippen molar-refractivity contribution >= 4 is 22.8 Å². The summed E-state index contributed by atoms with van der Waals surface area (Å²) in [7, 11) is 0. The number of hydrogen-bond acceptors (Lipinski definition) is 3. The lowest BCUT2D eigenvalue weighted by Gasteiger charge is -2.26. The number of hydrogen-bond donors (Lipinski definition) is 2. The minimum atomic E-state index is -0.883. The van der Waals surface area contributed by atoms with Gasteiger partial charge in [-0.1, -0.05) is 6.07 Å². The molecule has 0 unspecified atom stereocenters. The van der Waals surface area contributed by atoms with E-state index in [1.165, 1.54) is 0 Å². The Labute approximate surface area is 121 Å². The zero-order valence-electron chi connectivity index (χ0n) is 11.5. The molecule has 6 nitrogen and oxygen atoms in total. The van der Waals surface area contributed by atoms with Crippen molar-refractivity contribution in [1.82, 2.24) is 9.88 Å². The van der Waals surface area contributed by atoms with E-state index in [2.05, 4.69) is 4.98 Å². The summed E-state index contributed by atoms with van der Waals surface area (Å²) in [5, 5.41) is 9.64. The van der Waals surface area contributed by atoms with Crippen molar-refractivity contribution in [3.63, 3.8) is 0 Å². The molecular weight excluding hydrogens is 272 g/mol. The largest absolute Gasteiger partial charge is 0.481 e. The van der Waals surface area contributed by atoms with Gasteiger partial charge in [-0.05, 0) is 17.7 Å². The molecule has 21 heavy (non-hydrogen) atoms. The Balaban J connectivity index is 1.94. The summed E-state index contributed by atoms with van der Waals surface area (Å²) < 4.78 is 5.25. The predicted octanol–water partition coefficient (Wildman–Crippen LogP) is 1.27. The van der Waals surface area contributed by atoms with Gasteiger partial charge in [-0.15, -0.1) is 0 Å². The molecule has 0 aliphatic carbocycles. The molecule has 0 radical (unpaired) electrons. The molecule has 0 bridgehead atoms. The van der Waals surface area contributed by atoms with Crippen molar-refractivity contribution in [3.8, 4) is 0 Å². The zero-order chi connectivity index (χ0) is 14.8. The lowest BCUT2D eigenvalue weighted by atomic mass is 10.1. The second kappa shape index (κ2) is 5.57. The van der Waals surface area contributed by atoms with E-state index in [-0.39, 0.29) is 12.3 Å². The predicted molar refractivity (Wildman–Crippen MR) is 76.4 cm³/mol. The third kappa shape index (κ3) is 2.75. The number of carbonyl (C=O) groups excluding carboxylic acids is 1. The molecule has 2 aromatic rings. The third-order valence-electron chi connectivity index (χ3n) is 3.63. The summed E-state index contributed by atoms with van der Waals surface area (Å²) in [4.78, 5) is 28.2. The van der Waals surface area contributed by atoms with Gasteiger partial charge >= 0.3 is 5.97 Å². The molecule has 110 valence electrons. The van der Waals surface area contributed by atoms with Gasteiger partial charge in [-0.2, -0.15) is 0 Å². The van der Waals surface area contributed by atoms with Crippen LogP contribution < -0.4 is 0 Å². The minimum absolute atomic E-state index is 0.0444. The molecule has 0 saturated carbocycles. The van der Waals surface area contributed by atoms with Crippen LogP contribution in [0.3, 0.4) is 0 Å². The minimum Gasteiger partial charge on any atom is -0.481 e. The number of nitrogens with zero attached hydrogens (tertiary/aromatic N) is 1. The van der Waals surface area contributed by atoms with E-state index >= 15 is 0 Å². The van der Waals surface area contributed by atoms with Gasteiger partial charge in [0.25, 0.3) is 5.91 Å². The van der Waals surface area contributed by atoms with Crippen LogP contribution >= 0.6 is 0 Å². The number of aliphatic carboxylic acids is 1. The lowest BCUT2D eigenvalue weighted by molar-refractivity contribution is -0.136. The van der Waals surface area contributed by atoms with Gasteiger partial charge in [0.15, 0.2) is 0 Å². The topological polar surface area (TPSA) is 82.6 Å². The van der Waals surface area contributed by atoms with Gasteiger partial charge in [-0.25, -0.2) is 0 Å². The molecule has 1 saturated heterocycles. The fraction of sp³-hybridized carbons (Fsp3) is 0.333. The number of carboxylic acids is 1. The molecule has 1 amide bonds. The second-order valence-electron chi connectivity index (χ2n) is 5.06. The van der Waals surface area contributed by atoms with Crippen LogP contribution in [0.25, 0.3) is 10.9 Å². The molecular formula is C15H16N2O4. The van der Waals surface area contributed by atoms with E-state index in [0.717, 1.165) is 10.9 Å². The number of morpholine rings is 1. The zero-order valence-corrected chi connectivity index (χ0v) is 11.5. The molecule has 1 aliphatic heterocycles. The fourth-order valence-corrected chi connectivity index (χ4v) is 2.57. The van der Waals surface area contributed by atoms with Crippen molar-refractivity contribution < 1.29 is 19.4 Å². The number of aromatic nitrogens is 1. The highest BCUT2D eigenvalue weighted by atomic mass is 16.5. The molecule has 0 spiro atoms. The van der Waals surface area contributed by atoms with Crippen LogP contribution in [-0.2, 0) is 16.0 Å². The molecule has 1 aliphatic rings. The maximum absolute atomic E-state index is 12.5. The first-order valence-corrected chi connectivity index (χ1v) is 6.84. The summed E-state index contributed by atoms with van der Waals surface area (Å²) in [5.74, 6) is -0.928. The summed E-state index contributed by atoms with van der Waals surface area (Å²) in [6.45, 7) is 2.28. The van der Waals surface area contributed by atoms with Crippen LogP contribution in [0.2, 0.25) is 0 Å². The molecule has 1 fully saturated rings. The highest BCUT2D eigenvalue weighted by Crippen LogP contribution is 2.22. The van der Waals surface area contributed by atoms with Gasteiger partial charge in [0.1, 0.15) is 0 Å². The van der Waals surface area contributed by atoms with E-state index in [4.69, 9.17) is 9.84 Å². The molecule has 2 heterocycles. The third-order valence-corrected chi connectivity index (χ3v) is 3.63. The standard InChI is InChI=1S/C15H16N2O4/c18-14(19)8-10-1-2-13-11(7-10)12(9-16-13)15(20)17-3-5-21-6-4-17/h1-2,7,9,16H,3-6,8H2,(H,18,19). The quantitative estimate of drug-likeness (QED) is 0.891. The van der Waals surface area contributed by atoms with E-state index < -0.39 is 5.97 Å². The van der Waals surface area contributed by atoms with Crippen LogP contribution in [-0.4, -0.2) is 53.2 Å². The first-order valence-electron chi connectivity index (χ1n) is 6.84. The number of rotatable bonds is 3. The monoisotopic (exact) mass is 288 g/mol. The summed E-state index contributed by atoms with van der Waals surface area (Å²) in [6.07, 6.45) is 1.64. The number of aromatic amines is 1. The number of carbonyl (C=O) groups is 2. The van der Waals surface area contributed by atoms with Crippen LogP contribution in [0.4, 0.5) is 0 Å². The Bertz CT molecular complexity index is 686. The lowest BCUT2D eigenvalue weighted by Crippen LogP contribution is -2.40. The van der Waals surface area contributed by atoms with Gasteiger partial charge in [0, 0.05) is 30.2 Å². The smallest absolute Gasteiger partial charge is 0.307 e. The van der Waals surface area contributed by atoms with E-state index in [0.29, 0.717) is 37.4 Å². The van der Waals surface area contributed by atoms with Gasteiger partial charge in [-0.3, -0.25) is 9.59 Å². The van der Waals surface area contributed by atoms with Crippen molar-refractivity contribution in [1.29, 1.82) is 0 Å². The van der Waals surface area contributed by atoms with Crippen LogP contribution in [0, 0.1) is 0 Å². The van der Waals surface area contributed by atoms with Gasteiger partial charge in [0.05, 0.1) is 25.2 Å². The Morgan fingerprint density at radius 2 is 2.05 bits per heavy atom. The molecule has 1 aromatic carbocycles. The number of amides is 1. The summed E-state index contributed by atoms with van der Waals surface area (Å²) >= 11 is 0. The Hall–Kier alpha value is -2.34. The Kier molecular flexibility index (Phi) is 3.62. The first-order chi connectivity index (χ1) is 10.1.